The molecule has 0 radical (unpaired) electrons. The van der Waals surface area contributed by atoms with E-state index in [0.717, 1.165) is 32.8 Å². The highest BCUT2D eigenvalue weighted by molar-refractivity contribution is 7.20. The van der Waals surface area contributed by atoms with E-state index in [1.54, 1.807) is 11.3 Å². The first kappa shape index (κ1) is 13.9. The molecule has 3 aromatic rings. The Kier molecular flexibility index (Phi) is 3.55. The van der Waals surface area contributed by atoms with E-state index in [-0.39, 0.29) is 0 Å². The van der Waals surface area contributed by atoms with E-state index in [9.17, 15) is 0 Å². The summed E-state index contributed by atoms with van der Waals surface area (Å²) in [5, 5.41) is 0.669. The highest BCUT2D eigenvalue weighted by Crippen LogP contribution is 2.36. The number of ether oxygens (including phenoxy) is 1. The number of hydrogen-bond acceptors (Lipinski definition) is 4. The van der Waals surface area contributed by atoms with Gasteiger partial charge in [0.2, 0.25) is 0 Å². The molecule has 0 fully saturated rings. The number of anilines is 1. The Morgan fingerprint density at radius 2 is 1.95 bits per heavy atom. The molecule has 0 amide bonds. The summed E-state index contributed by atoms with van der Waals surface area (Å²) in [6, 6.07) is 12.0. The van der Waals surface area contributed by atoms with Crippen LogP contribution < -0.4 is 10.5 Å². The summed E-state index contributed by atoms with van der Waals surface area (Å²) in [6.45, 7) is 6.26. The molecule has 0 aliphatic rings. The maximum absolute atomic E-state index is 6.04. The molecular formula is C17H18N2OS. The molecule has 0 bridgehead atoms. The normalized spacial score (nSPS) is 11.2. The van der Waals surface area contributed by atoms with Gasteiger partial charge in [-0.15, -0.1) is 0 Å². The molecule has 108 valence electrons. The molecule has 1 heterocycles. The van der Waals surface area contributed by atoms with E-state index in [2.05, 4.69) is 24.9 Å². The number of nitrogen functional groups attached to an aromatic ring is 1. The van der Waals surface area contributed by atoms with Gasteiger partial charge in [-0.2, -0.15) is 0 Å². The molecule has 0 saturated heterocycles. The van der Waals surface area contributed by atoms with Crippen molar-refractivity contribution in [2.75, 3.05) is 5.73 Å². The smallest absolute Gasteiger partial charge is 0.279 e. The standard InChI is InChI=1S/C17H18N2OS/c1-10(2)12-9-13(18)11(3)8-15(12)20-17-19-14-6-4-5-7-16(14)21-17/h4-10H,18H2,1-3H3. The minimum Gasteiger partial charge on any atom is -0.431 e. The Morgan fingerprint density at radius 1 is 1.19 bits per heavy atom. The second kappa shape index (κ2) is 5.37. The first-order valence-electron chi connectivity index (χ1n) is 6.98. The van der Waals surface area contributed by atoms with Crippen molar-refractivity contribution in [3.63, 3.8) is 0 Å². The summed E-state index contributed by atoms with van der Waals surface area (Å²) in [5.74, 6) is 1.19. The number of aryl methyl sites for hydroxylation is 1. The predicted octanol–water partition coefficient (Wildman–Crippen LogP) is 5.10. The Labute approximate surface area is 128 Å². The van der Waals surface area contributed by atoms with Gasteiger partial charge in [0.25, 0.3) is 5.19 Å². The van der Waals surface area contributed by atoms with E-state index >= 15 is 0 Å². The molecule has 3 nitrogen and oxygen atoms in total. The van der Waals surface area contributed by atoms with Crippen LogP contribution >= 0.6 is 11.3 Å². The van der Waals surface area contributed by atoms with E-state index in [1.165, 1.54) is 0 Å². The third-order valence-corrected chi connectivity index (χ3v) is 4.41. The summed E-state index contributed by atoms with van der Waals surface area (Å²) in [6.07, 6.45) is 0. The van der Waals surface area contributed by atoms with E-state index in [4.69, 9.17) is 10.5 Å². The highest BCUT2D eigenvalue weighted by Gasteiger charge is 2.13. The third kappa shape index (κ3) is 2.72. The minimum absolute atomic E-state index is 0.345. The minimum atomic E-state index is 0.345. The fraction of sp³-hybridized carbons (Fsp3) is 0.235. The monoisotopic (exact) mass is 298 g/mol. The third-order valence-electron chi connectivity index (χ3n) is 3.49. The van der Waals surface area contributed by atoms with Crippen LogP contribution in [0.2, 0.25) is 0 Å². The van der Waals surface area contributed by atoms with Crippen LogP contribution in [0, 0.1) is 6.92 Å². The number of nitrogens with two attached hydrogens (primary N) is 1. The number of para-hydroxylation sites is 1. The fourth-order valence-electron chi connectivity index (χ4n) is 2.24. The lowest BCUT2D eigenvalue weighted by Gasteiger charge is -2.14. The summed E-state index contributed by atoms with van der Waals surface area (Å²) >= 11 is 1.56. The first-order chi connectivity index (χ1) is 10.0. The van der Waals surface area contributed by atoms with Crippen LogP contribution in [-0.4, -0.2) is 4.98 Å². The number of fused-ring (bicyclic) bond motifs is 1. The number of benzene rings is 2. The Balaban J connectivity index is 2.02. The van der Waals surface area contributed by atoms with Gasteiger partial charge in [0.05, 0.1) is 10.2 Å². The number of thiazole rings is 1. The molecule has 0 aliphatic carbocycles. The van der Waals surface area contributed by atoms with Gasteiger partial charge < -0.3 is 10.5 Å². The van der Waals surface area contributed by atoms with Gasteiger partial charge in [0.15, 0.2) is 0 Å². The van der Waals surface area contributed by atoms with Crippen LogP contribution in [0.25, 0.3) is 10.2 Å². The van der Waals surface area contributed by atoms with Crippen molar-refractivity contribution in [3.05, 3.63) is 47.5 Å². The van der Waals surface area contributed by atoms with Crippen LogP contribution in [0.4, 0.5) is 5.69 Å². The topological polar surface area (TPSA) is 48.1 Å². The Hall–Kier alpha value is -2.07. The van der Waals surface area contributed by atoms with E-state index < -0.39 is 0 Å². The van der Waals surface area contributed by atoms with E-state index in [1.807, 2.05) is 37.3 Å². The van der Waals surface area contributed by atoms with Gasteiger partial charge in [-0.05, 0) is 48.2 Å². The summed E-state index contributed by atoms with van der Waals surface area (Å²) < 4.78 is 7.17. The van der Waals surface area contributed by atoms with E-state index in [0.29, 0.717) is 11.1 Å². The molecule has 3 rings (SSSR count). The van der Waals surface area contributed by atoms with Crippen molar-refractivity contribution in [2.24, 2.45) is 0 Å². The average molecular weight is 298 g/mol. The zero-order valence-electron chi connectivity index (χ0n) is 12.4. The van der Waals surface area contributed by atoms with Crippen molar-refractivity contribution in [1.29, 1.82) is 0 Å². The van der Waals surface area contributed by atoms with Gasteiger partial charge in [-0.1, -0.05) is 37.3 Å². The summed E-state index contributed by atoms with van der Waals surface area (Å²) in [4.78, 5) is 4.53. The van der Waals surface area contributed by atoms with Crippen molar-refractivity contribution in [2.45, 2.75) is 26.7 Å². The molecule has 0 atom stereocenters. The van der Waals surface area contributed by atoms with Crippen LogP contribution in [0.1, 0.15) is 30.9 Å². The molecule has 2 N–H and O–H groups in total. The van der Waals surface area contributed by atoms with Crippen LogP contribution in [0.5, 0.6) is 10.9 Å². The van der Waals surface area contributed by atoms with Crippen LogP contribution in [0.15, 0.2) is 36.4 Å². The number of aromatic nitrogens is 1. The highest BCUT2D eigenvalue weighted by atomic mass is 32.1. The second-order valence-electron chi connectivity index (χ2n) is 5.45. The lowest BCUT2D eigenvalue weighted by atomic mass is 9.99. The molecule has 0 saturated carbocycles. The van der Waals surface area contributed by atoms with Crippen LogP contribution in [0.3, 0.4) is 0 Å². The first-order valence-corrected chi connectivity index (χ1v) is 7.79. The Morgan fingerprint density at radius 3 is 2.67 bits per heavy atom. The van der Waals surface area contributed by atoms with Crippen molar-refractivity contribution in [1.82, 2.24) is 4.98 Å². The molecule has 2 aromatic carbocycles. The van der Waals surface area contributed by atoms with Crippen LogP contribution in [-0.2, 0) is 0 Å². The zero-order valence-corrected chi connectivity index (χ0v) is 13.2. The predicted molar refractivity (Wildman–Crippen MR) is 89.4 cm³/mol. The van der Waals surface area contributed by atoms with Gasteiger partial charge in [0, 0.05) is 5.69 Å². The van der Waals surface area contributed by atoms with Gasteiger partial charge in [-0.3, -0.25) is 0 Å². The molecule has 1 aromatic heterocycles. The number of hydrogen-bond donors (Lipinski definition) is 1. The zero-order chi connectivity index (χ0) is 15.0. The van der Waals surface area contributed by atoms with Crippen molar-refractivity contribution < 1.29 is 4.74 Å². The lowest BCUT2D eigenvalue weighted by molar-refractivity contribution is 0.470. The number of rotatable bonds is 3. The maximum Gasteiger partial charge on any atom is 0.279 e. The molecule has 21 heavy (non-hydrogen) atoms. The number of nitrogens with zero attached hydrogens (tertiary/aromatic N) is 1. The molecule has 0 unspecified atom stereocenters. The molecule has 4 heteroatoms. The molecule has 0 spiro atoms. The largest absolute Gasteiger partial charge is 0.431 e. The summed E-state index contributed by atoms with van der Waals surface area (Å²) in [7, 11) is 0. The summed E-state index contributed by atoms with van der Waals surface area (Å²) in [5.41, 5.74) is 9.92. The van der Waals surface area contributed by atoms with Gasteiger partial charge in [-0.25, -0.2) is 4.98 Å². The fourth-order valence-corrected chi connectivity index (χ4v) is 3.07. The average Bonchev–Trinajstić information content (AvgIpc) is 2.84. The Bertz CT molecular complexity index is 760. The van der Waals surface area contributed by atoms with Gasteiger partial charge >= 0.3 is 0 Å². The van der Waals surface area contributed by atoms with Gasteiger partial charge in [0.1, 0.15) is 5.75 Å². The molecular weight excluding hydrogens is 280 g/mol. The van der Waals surface area contributed by atoms with Crippen molar-refractivity contribution in [3.8, 4) is 10.9 Å². The molecule has 0 aliphatic heterocycles. The quantitative estimate of drug-likeness (QED) is 0.684. The SMILES string of the molecule is Cc1cc(Oc2nc3ccccc3s2)c(C(C)C)cc1N. The lowest BCUT2D eigenvalue weighted by Crippen LogP contribution is -1.98. The second-order valence-corrected chi connectivity index (χ2v) is 6.44. The maximum atomic E-state index is 6.04. The van der Waals surface area contributed by atoms with Crippen molar-refractivity contribution >= 4 is 27.2 Å².